The van der Waals surface area contributed by atoms with Crippen LogP contribution >= 0.6 is 11.6 Å². The number of carbonyl (C=O) groups is 2. The molecule has 1 aliphatic rings. The normalized spacial score (nSPS) is 15.5. The minimum Gasteiger partial charge on any atom is -0.482 e. The molecule has 36 heavy (non-hydrogen) atoms. The number of hydrogen-bond donors (Lipinski definition) is 2. The largest absolute Gasteiger partial charge is 0.482 e. The highest BCUT2D eigenvalue weighted by Crippen LogP contribution is 2.39. The summed E-state index contributed by atoms with van der Waals surface area (Å²) in [5.41, 5.74) is 1.09. The highest BCUT2D eigenvalue weighted by atomic mass is 35.5. The van der Waals surface area contributed by atoms with Crippen LogP contribution in [0.25, 0.3) is 0 Å². The quantitative estimate of drug-likeness (QED) is 0.387. The summed E-state index contributed by atoms with van der Waals surface area (Å²) in [7, 11) is 0. The average Bonchev–Trinajstić information content (AvgIpc) is 2.78. The van der Waals surface area contributed by atoms with Gasteiger partial charge in [0, 0.05) is 36.5 Å². The van der Waals surface area contributed by atoms with Gasteiger partial charge in [0.05, 0.1) is 17.8 Å². The molecular weight excluding hydrogens is 497 g/mol. The average molecular weight is 527 g/mol. The molecule has 1 saturated carbocycles. The fourth-order valence-electron chi connectivity index (χ4n) is 4.31. The second-order valence-corrected chi connectivity index (χ2v) is 9.89. The number of amides is 1. The Bertz CT molecular complexity index is 1090. The van der Waals surface area contributed by atoms with E-state index in [4.69, 9.17) is 21.4 Å². The van der Waals surface area contributed by atoms with Crippen molar-refractivity contribution in [2.45, 2.75) is 57.9 Å². The molecule has 196 valence electrons. The predicted octanol–water partition coefficient (Wildman–Crippen LogP) is 6.16. The summed E-state index contributed by atoms with van der Waals surface area (Å²) >= 11 is 5.79. The summed E-state index contributed by atoms with van der Waals surface area (Å²) in [4.78, 5) is 25.8. The fourth-order valence-corrected chi connectivity index (χ4v) is 4.47. The molecule has 0 aromatic heterocycles. The van der Waals surface area contributed by atoms with E-state index >= 15 is 0 Å². The number of aliphatic carboxylic acids is 1. The molecule has 0 aliphatic heterocycles. The molecule has 10 heteroatoms. The zero-order valence-corrected chi connectivity index (χ0v) is 21.0. The van der Waals surface area contributed by atoms with Gasteiger partial charge in [-0.3, -0.25) is 4.79 Å². The monoisotopic (exact) mass is 526 g/mol. The second kappa shape index (κ2) is 11.9. The van der Waals surface area contributed by atoms with Crippen molar-refractivity contribution < 1.29 is 32.6 Å². The first-order valence-corrected chi connectivity index (χ1v) is 12.2. The summed E-state index contributed by atoms with van der Waals surface area (Å²) in [6.07, 6.45) is -0.115. The van der Waals surface area contributed by atoms with Crippen LogP contribution < -0.4 is 15.0 Å². The SMILES string of the molecule is CC(C)CN(c1ccc(OCC(=O)O)cc1NC(=O)Cc1ccc(Cl)cc1F)C1CCC(F)(F)CC1. The van der Waals surface area contributed by atoms with E-state index in [2.05, 4.69) is 5.32 Å². The zero-order valence-electron chi connectivity index (χ0n) is 20.2. The number of carbonyl (C=O) groups excluding carboxylic acids is 1. The van der Waals surface area contributed by atoms with Crippen LogP contribution in [-0.2, 0) is 16.0 Å². The van der Waals surface area contributed by atoms with E-state index in [0.29, 0.717) is 30.8 Å². The van der Waals surface area contributed by atoms with Gasteiger partial charge in [-0.1, -0.05) is 31.5 Å². The molecule has 2 aromatic carbocycles. The maximum atomic E-state index is 14.2. The molecule has 0 heterocycles. The second-order valence-electron chi connectivity index (χ2n) is 9.46. The fraction of sp³-hybridized carbons (Fsp3) is 0.462. The number of rotatable bonds is 10. The van der Waals surface area contributed by atoms with E-state index in [1.54, 1.807) is 12.1 Å². The molecule has 6 nitrogen and oxygen atoms in total. The highest BCUT2D eigenvalue weighted by molar-refractivity contribution is 6.30. The van der Waals surface area contributed by atoms with Gasteiger partial charge in [-0.15, -0.1) is 0 Å². The molecule has 3 rings (SSSR count). The molecule has 0 unspecified atom stereocenters. The molecule has 0 atom stereocenters. The lowest BCUT2D eigenvalue weighted by Gasteiger charge is -2.40. The number of hydrogen-bond acceptors (Lipinski definition) is 4. The Morgan fingerprint density at radius 1 is 1.19 bits per heavy atom. The molecular formula is C26H30ClF3N2O4. The number of nitrogens with one attached hydrogen (secondary N) is 1. The molecule has 0 bridgehead atoms. The lowest BCUT2D eigenvalue weighted by Crippen LogP contribution is -2.43. The topological polar surface area (TPSA) is 78.9 Å². The van der Waals surface area contributed by atoms with E-state index < -0.39 is 30.2 Å². The Balaban J connectivity index is 1.91. The Morgan fingerprint density at radius 3 is 2.50 bits per heavy atom. The van der Waals surface area contributed by atoms with Crippen molar-refractivity contribution in [2.75, 3.05) is 23.4 Å². The van der Waals surface area contributed by atoms with Crippen LogP contribution in [0.5, 0.6) is 5.75 Å². The van der Waals surface area contributed by atoms with Crippen LogP contribution in [0.15, 0.2) is 36.4 Å². The Kier molecular flexibility index (Phi) is 9.11. The van der Waals surface area contributed by atoms with E-state index in [-0.39, 0.29) is 47.6 Å². The zero-order chi connectivity index (χ0) is 26.5. The first-order chi connectivity index (χ1) is 16.9. The molecule has 1 aliphatic carbocycles. The molecule has 1 fully saturated rings. The van der Waals surface area contributed by atoms with Gasteiger partial charge in [0.1, 0.15) is 11.6 Å². The number of carboxylic acids is 1. The summed E-state index contributed by atoms with van der Waals surface area (Å²) in [6, 6.07) is 8.64. The number of halogens is 4. The van der Waals surface area contributed by atoms with Crippen LogP contribution in [0.4, 0.5) is 24.5 Å². The van der Waals surface area contributed by atoms with Gasteiger partial charge in [0.25, 0.3) is 0 Å². The van der Waals surface area contributed by atoms with Crippen molar-refractivity contribution in [3.8, 4) is 5.75 Å². The number of nitrogens with zero attached hydrogens (tertiary/aromatic N) is 1. The number of carboxylic acid groups (broad SMARTS) is 1. The lowest BCUT2D eigenvalue weighted by molar-refractivity contribution is -0.139. The molecule has 0 saturated heterocycles. The van der Waals surface area contributed by atoms with E-state index in [9.17, 15) is 22.8 Å². The summed E-state index contributed by atoms with van der Waals surface area (Å²) in [5, 5.41) is 11.9. The van der Waals surface area contributed by atoms with Crippen LogP contribution in [0.3, 0.4) is 0 Å². The highest BCUT2D eigenvalue weighted by Gasteiger charge is 2.37. The molecule has 2 aromatic rings. The minimum absolute atomic E-state index is 0.158. The number of benzene rings is 2. The van der Waals surface area contributed by atoms with Gasteiger partial charge >= 0.3 is 5.97 Å². The number of ether oxygens (including phenoxy) is 1. The van der Waals surface area contributed by atoms with Crippen molar-refractivity contribution in [3.05, 3.63) is 52.8 Å². The smallest absolute Gasteiger partial charge is 0.341 e. The molecule has 0 spiro atoms. The number of anilines is 2. The van der Waals surface area contributed by atoms with Crippen molar-refractivity contribution in [2.24, 2.45) is 5.92 Å². The van der Waals surface area contributed by atoms with Gasteiger partial charge in [-0.05, 0) is 48.6 Å². The van der Waals surface area contributed by atoms with Crippen LogP contribution in [0.1, 0.15) is 45.1 Å². The standard InChI is InChI=1S/C26H30ClF3N2O4/c1-16(2)14-32(19-7-9-26(29,30)10-8-19)23-6-5-20(36-15-25(34)35)13-22(23)31-24(33)11-17-3-4-18(27)12-21(17)28/h3-6,12-13,16,19H,7-11,14-15H2,1-2H3,(H,31,33)(H,34,35). The van der Waals surface area contributed by atoms with Crippen molar-refractivity contribution in [1.82, 2.24) is 0 Å². The maximum absolute atomic E-state index is 14.2. The summed E-state index contributed by atoms with van der Waals surface area (Å²) in [6.45, 7) is 4.00. The Labute approximate surface area is 213 Å². The van der Waals surface area contributed by atoms with E-state index in [1.807, 2.05) is 18.7 Å². The lowest BCUT2D eigenvalue weighted by atomic mass is 9.90. The van der Waals surface area contributed by atoms with Gasteiger partial charge in [0.2, 0.25) is 11.8 Å². The van der Waals surface area contributed by atoms with Gasteiger partial charge in [-0.2, -0.15) is 0 Å². The van der Waals surface area contributed by atoms with Gasteiger partial charge in [0.15, 0.2) is 6.61 Å². The van der Waals surface area contributed by atoms with E-state index in [1.165, 1.54) is 18.2 Å². The van der Waals surface area contributed by atoms with Crippen LogP contribution in [0, 0.1) is 11.7 Å². The predicted molar refractivity (Wildman–Crippen MR) is 133 cm³/mol. The van der Waals surface area contributed by atoms with E-state index in [0.717, 1.165) is 6.07 Å². The third kappa shape index (κ3) is 7.78. The maximum Gasteiger partial charge on any atom is 0.341 e. The first kappa shape index (κ1) is 27.6. The third-order valence-electron chi connectivity index (χ3n) is 5.97. The first-order valence-electron chi connectivity index (χ1n) is 11.8. The summed E-state index contributed by atoms with van der Waals surface area (Å²) in [5.74, 6) is -4.55. The van der Waals surface area contributed by atoms with Crippen LogP contribution in [-0.4, -0.2) is 42.1 Å². The molecule has 1 amide bonds. The van der Waals surface area contributed by atoms with Gasteiger partial charge in [-0.25, -0.2) is 18.0 Å². The Hall–Kier alpha value is -2.94. The Morgan fingerprint density at radius 2 is 1.89 bits per heavy atom. The van der Waals surface area contributed by atoms with Crippen molar-refractivity contribution in [1.29, 1.82) is 0 Å². The van der Waals surface area contributed by atoms with Crippen molar-refractivity contribution >= 4 is 34.9 Å². The minimum atomic E-state index is -2.69. The van der Waals surface area contributed by atoms with Crippen LogP contribution in [0.2, 0.25) is 5.02 Å². The number of alkyl halides is 2. The third-order valence-corrected chi connectivity index (χ3v) is 6.20. The molecule has 0 radical (unpaired) electrons. The van der Waals surface area contributed by atoms with Crippen molar-refractivity contribution in [3.63, 3.8) is 0 Å². The summed E-state index contributed by atoms with van der Waals surface area (Å²) < 4.78 is 47.2. The van der Waals surface area contributed by atoms with Gasteiger partial charge < -0.3 is 20.1 Å². The molecule has 2 N–H and O–H groups in total.